The zero-order valence-electron chi connectivity index (χ0n) is 17.1. The summed E-state index contributed by atoms with van der Waals surface area (Å²) in [5, 5.41) is 10.7. The summed E-state index contributed by atoms with van der Waals surface area (Å²) >= 11 is 0. The van der Waals surface area contributed by atoms with Crippen LogP contribution in [0, 0.1) is 5.92 Å². The number of carboxylic acid groups (broad SMARTS) is 1. The van der Waals surface area contributed by atoms with Crippen molar-refractivity contribution in [3.05, 3.63) is 30.4 Å². The molecule has 0 radical (unpaired) electrons. The van der Waals surface area contributed by atoms with Gasteiger partial charge in [-0.1, -0.05) is 13.8 Å². The summed E-state index contributed by atoms with van der Waals surface area (Å²) in [6, 6.07) is 2.50. The molecule has 3 heterocycles. The third-order valence-corrected chi connectivity index (χ3v) is 4.60. The van der Waals surface area contributed by atoms with E-state index in [-0.39, 0.29) is 0 Å². The second kappa shape index (κ2) is 11.2. The summed E-state index contributed by atoms with van der Waals surface area (Å²) in [6.45, 7) is 10.2. The molecule has 0 aliphatic carbocycles. The molecule has 2 aromatic heterocycles. The molecule has 2 N–H and O–H groups in total. The lowest BCUT2D eigenvalue weighted by atomic mass is 10.0. The molecule has 1 aliphatic heterocycles. The number of ether oxygens (including phenoxy) is 1. The largest absolute Gasteiger partial charge is 0.490 e. The van der Waals surface area contributed by atoms with Crippen molar-refractivity contribution < 1.29 is 27.8 Å². The Labute approximate surface area is 173 Å². The molecule has 0 spiro atoms. The number of rotatable bonds is 7. The highest BCUT2D eigenvalue weighted by Gasteiger charge is 2.38. The van der Waals surface area contributed by atoms with E-state index in [1.165, 1.54) is 6.42 Å². The van der Waals surface area contributed by atoms with Gasteiger partial charge in [0.05, 0.1) is 25.1 Å². The predicted octanol–water partition coefficient (Wildman–Crippen LogP) is 2.20. The van der Waals surface area contributed by atoms with Gasteiger partial charge in [-0.3, -0.25) is 9.30 Å². The summed E-state index contributed by atoms with van der Waals surface area (Å²) in [5.41, 5.74) is 1.15. The first-order chi connectivity index (χ1) is 14.2. The van der Waals surface area contributed by atoms with Crippen LogP contribution >= 0.6 is 0 Å². The Balaban J connectivity index is 0.000000396. The molecule has 1 atom stereocenters. The monoisotopic (exact) mass is 431 g/mol. The lowest BCUT2D eigenvalue weighted by molar-refractivity contribution is -0.192. The molecule has 1 unspecified atom stereocenters. The highest BCUT2D eigenvalue weighted by atomic mass is 19.4. The number of carbonyl (C=O) groups is 1. The van der Waals surface area contributed by atoms with Gasteiger partial charge < -0.3 is 15.2 Å². The SMILES string of the molecule is CC(C)CC(CNCc1cnc2ncccn12)N1CCOCC1.O=C(O)C(F)(F)F. The maximum Gasteiger partial charge on any atom is 0.490 e. The minimum atomic E-state index is -5.08. The number of carboxylic acids is 1. The Morgan fingerprint density at radius 3 is 2.57 bits per heavy atom. The highest BCUT2D eigenvalue weighted by Crippen LogP contribution is 2.14. The number of nitrogens with zero attached hydrogens (tertiary/aromatic N) is 4. The van der Waals surface area contributed by atoms with Crippen molar-refractivity contribution in [1.82, 2.24) is 24.6 Å². The fourth-order valence-electron chi connectivity index (χ4n) is 3.22. The maximum atomic E-state index is 10.6. The second-order valence-electron chi connectivity index (χ2n) is 7.40. The smallest absolute Gasteiger partial charge is 0.475 e. The van der Waals surface area contributed by atoms with Gasteiger partial charge in [0.1, 0.15) is 0 Å². The highest BCUT2D eigenvalue weighted by molar-refractivity contribution is 5.73. The van der Waals surface area contributed by atoms with E-state index >= 15 is 0 Å². The Kier molecular flexibility index (Phi) is 9.00. The molecular weight excluding hydrogens is 403 g/mol. The number of aromatic nitrogens is 3. The standard InChI is InChI=1S/C17H27N5O.C2HF3O2/c1-14(2)10-15(21-6-8-23-9-7-21)11-18-12-16-13-20-17-19-4-3-5-22(16)17;3-2(4,5)1(6)7/h3-5,13-15,18H,6-12H2,1-2H3;(H,6,7). The number of halogens is 3. The molecular formula is C19H28F3N5O3. The third kappa shape index (κ3) is 7.54. The zero-order chi connectivity index (χ0) is 22.1. The summed E-state index contributed by atoms with van der Waals surface area (Å²) in [4.78, 5) is 20.1. The van der Waals surface area contributed by atoms with Gasteiger partial charge in [0.15, 0.2) is 0 Å². The molecule has 1 fully saturated rings. The molecule has 8 nitrogen and oxygen atoms in total. The number of morpholine rings is 1. The van der Waals surface area contributed by atoms with Crippen molar-refractivity contribution in [2.45, 2.75) is 39.0 Å². The molecule has 2 aromatic rings. The van der Waals surface area contributed by atoms with Crippen LogP contribution in [0.5, 0.6) is 0 Å². The first kappa shape index (κ1) is 24.0. The number of alkyl halides is 3. The van der Waals surface area contributed by atoms with Gasteiger partial charge in [0, 0.05) is 44.6 Å². The molecule has 1 saturated heterocycles. The van der Waals surface area contributed by atoms with Crippen LogP contribution in [0.1, 0.15) is 26.0 Å². The van der Waals surface area contributed by atoms with E-state index in [4.69, 9.17) is 14.6 Å². The van der Waals surface area contributed by atoms with Crippen molar-refractivity contribution in [3.63, 3.8) is 0 Å². The maximum absolute atomic E-state index is 10.6. The number of aliphatic carboxylic acids is 1. The van der Waals surface area contributed by atoms with Crippen molar-refractivity contribution in [3.8, 4) is 0 Å². The van der Waals surface area contributed by atoms with Crippen molar-refractivity contribution in [1.29, 1.82) is 0 Å². The predicted molar refractivity (Wildman–Crippen MR) is 104 cm³/mol. The number of imidazole rings is 1. The Bertz CT molecular complexity index is 791. The minimum Gasteiger partial charge on any atom is -0.475 e. The Morgan fingerprint density at radius 1 is 1.30 bits per heavy atom. The van der Waals surface area contributed by atoms with Crippen molar-refractivity contribution >= 4 is 11.7 Å². The summed E-state index contributed by atoms with van der Waals surface area (Å²) in [6.07, 6.45) is 1.82. The molecule has 0 bridgehead atoms. The van der Waals surface area contributed by atoms with Gasteiger partial charge in [-0.2, -0.15) is 13.2 Å². The molecule has 0 aromatic carbocycles. The average Bonchev–Trinajstić information content (AvgIpc) is 3.11. The van der Waals surface area contributed by atoms with E-state index in [1.807, 2.05) is 22.9 Å². The van der Waals surface area contributed by atoms with Crippen LogP contribution in [0.3, 0.4) is 0 Å². The fourth-order valence-corrected chi connectivity index (χ4v) is 3.22. The molecule has 30 heavy (non-hydrogen) atoms. The second-order valence-corrected chi connectivity index (χ2v) is 7.40. The van der Waals surface area contributed by atoms with Gasteiger partial charge in [-0.05, 0) is 18.4 Å². The zero-order valence-corrected chi connectivity index (χ0v) is 17.1. The first-order valence-electron chi connectivity index (χ1n) is 9.78. The van der Waals surface area contributed by atoms with Crippen LogP contribution in [0.4, 0.5) is 13.2 Å². The minimum absolute atomic E-state index is 0.566. The van der Waals surface area contributed by atoms with Crippen LogP contribution in [-0.4, -0.2) is 75.4 Å². The summed E-state index contributed by atoms with van der Waals surface area (Å²) in [5.74, 6) is -1.30. The van der Waals surface area contributed by atoms with Crippen molar-refractivity contribution in [2.75, 3.05) is 32.8 Å². The molecule has 3 rings (SSSR count). The number of fused-ring (bicyclic) bond motifs is 1. The lowest BCUT2D eigenvalue weighted by Crippen LogP contribution is -2.48. The lowest BCUT2D eigenvalue weighted by Gasteiger charge is -2.35. The number of hydrogen-bond donors (Lipinski definition) is 2. The molecule has 0 amide bonds. The molecule has 0 saturated carbocycles. The van der Waals surface area contributed by atoms with Gasteiger partial charge >= 0.3 is 12.1 Å². The summed E-state index contributed by atoms with van der Waals surface area (Å²) in [7, 11) is 0. The van der Waals surface area contributed by atoms with Gasteiger partial charge in [0.25, 0.3) is 0 Å². The number of nitrogens with one attached hydrogen (secondary N) is 1. The van der Waals surface area contributed by atoms with Crippen molar-refractivity contribution in [2.24, 2.45) is 5.92 Å². The Hall–Kier alpha value is -2.24. The van der Waals surface area contributed by atoms with E-state index < -0.39 is 12.1 Å². The van der Waals surface area contributed by atoms with Crippen LogP contribution in [0.2, 0.25) is 0 Å². The van der Waals surface area contributed by atoms with E-state index in [0.29, 0.717) is 12.0 Å². The van der Waals surface area contributed by atoms with Gasteiger partial charge in [-0.15, -0.1) is 0 Å². The van der Waals surface area contributed by atoms with E-state index in [1.54, 1.807) is 6.20 Å². The number of hydrogen-bond acceptors (Lipinski definition) is 6. The molecule has 168 valence electrons. The van der Waals surface area contributed by atoms with Crippen LogP contribution < -0.4 is 5.32 Å². The van der Waals surface area contributed by atoms with Crippen LogP contribution in [0.15, 0.2) is 24.7 Å². The average molecular weight is 431 g/mol. The Morgan fingerprint density at radius 2 is 1.97 bits per heavy atom. The molecule has 1 aliphatic rings. The van der Waals surface area contributed by atoms with Gasteiger partial charge in [0.2, 0.25) is 5.78 Å². The quantitative estimate of drug-likeness (QED) is 0.694. The molecule has 11 heteroatoms. The van der Waals surface area contributed by atoms with Crippen LogP contribution in [0.25, 0.3) is 5.78 Å². The first-order valence-corrected chi connectivity index (χ1v) is 9.78. The fraction of sp³-hybridized carbons (Fsp3) is 0.632. The van der Waals surface area contributed by atoms with E-state index in [9.17, 15) is 13.2 Å². The normalized spacial score (nSPS) is 16.3. The van der Waals surface area contributed by atoms with Gasteiger partial charge in [-0.25, -0.2) is 14.8 Å². The third-order valence-electron chi connectivity index (χ3n) is 4.60. The van der Waals surface area contributed by atoms with E-state index in [2.05, 4.69) is 34.0 Å². The topological polar surface area (TPSA) is 92.0 Å². The van der Waals surface area contributed by atoms with E-state index in [0.717, 1.165) is 50.9 Å². The summed E-state index contributed by atoms with van der Waals surface area (Å²) < 4.78 is 39.3. The van der Waals surface area contributed by atoms with Crippen LogP contribution in [-0.2, 0) is 16.1 Å².